The number of aliphatic imine (C=N–C) groups is 2. The Morgan fingerprint density at radius 2 is 1.64 bits per heavy atom. The van der Waals surface area contributed by atoms with E-state index in [0.717, 1.165) is 36.4 Å². The molecule has 0 saturated carbocycles. The maximum absolute atomic E-state index is 13.8. The van der Waals surface area contributed by atoms with E-state index in [9.17, 15) is 14.4 Å². The van der Waals surface area contributed by atoms with E-state index < -0.39 is 11.3 Å². The Balaban J connectivity index is 1.16. The molecule has 226 valence electrons. The lowest BCUT2D eigenvalue weighted by Gasteiger charge is -2.36. The average Bonchev–Trinajstić information content (AvgIpc) is 3.40. The molecular formula is C34H36N6O3S. The molecule has 1 N–H and O–H groups in total. The number of nitrogens with zero attached hydrogens (tertiary/aromatic N) is 5. The van der Waals surface area contributed by atoms with Gasteiger partial charge in [-0.2, -0.15) is 0 Å². The minimum absolute atomic E-state index is 0.00423. The molecule has 2 atom stereocenters. The van der Waals surface area contributed by atoms with Gasteiger partial charge in [-0.3, -0.25) is 19.4 Å². The number of carbonyl (C=O) groups excluding carboxylic acids is 3. The van der Waals surface area contributed by atoms with Crippen LogP contribution in [0.25, 0.3) is 0 Å². The van der Waals surface area contributed by atoms with Crippen molar-refractivity contribution in [2.24, 2.45) is 9.98 Å². The van der Waals surface area contributed by atoms with Gasteiger partial charge in [-0.15, -0.1) is 0 Å². The van der Waals surface area contributed by atoms with Gasteiger partial charge < -0.3 is 15.1 Å². The highest BCUT2D eigenvalue weighted by Gasteiger charge is 2.43. The standard InChI is InChI=1S/C34H36N6O3S/c1-3-23-14-16-24(17-15-23)35-32(42)29(4-2)44-34-37-27-13-9-8-12-26(27)31-36-28(33(43)40(31)34)22-30(41)39-20-18-38(19-21-39)25-10-6-5-7-11-25/h5-17,28-29H,3-4,18-22H2,1-2H3,(H,35,42)/t28-,29-/m1/s1. The summed E-state index contributed by atoms with van der Waals surface area (Å²) < 4.78 is 0. The Labute approximate surface area is 262 Å². The van der Waals surface area contributed by atoms with Crippen molar-refractivity contribution in [2.75, 3.05) is 36.4 Å². The van der Waals surface area contributed by atoms with Crippen LogP contribution in [-0.2, 0) is 20.8 Å². The van der Waals surface area contributed by atoms with E-state index in [0.29, 0.717) is 36.2 Å². The third-order valence-electron chi connectivity index (χ3n) is 8.21. The number of hydrogen-bond donors (Lipinski definition) is 1. The summed E-state index contributed by atoms with van der Waals surface area (Å²) in [6.07, 6.45) is 1.46. The maximum Gasteiger partial charge on any atom is 0.259 e. The summed E-state index contributed by atoms with van der Waals surface area (Å²) in [6.45, 7) is 6.68. The van der Waals surface area contributed by atoms with Crippen molar-refractivity contribution < 1.29 is 14.4 Å². The van der Waals surface area contributed by atoms with Crippen LogP contribution in [0.4, 0.5) is 17.1 Å². The third kappa shape index (κ3) is 6.12. The lowest BCUT2D eigenvalue weighted by molar-refractivity contribution is -0.135. The van der Waals surface area contributed by atoms with Gasteiger partial charge in [0.1, 0.15) is 11.9 Å². The first-order chi connectivity index (χ1) is 21.4. The quantitative estimate of drug-likeness (QED) is 0.384. The van der Waals surface area contributed by atoms with Crippen molar-refractivity contribution in [3.8, 4) is 0 Å². The first kappa shape index (κ1) is 29.6. The van der Waals surface area contributed by atoms with Gasteiger partial charge in [0.05, 0.1) is 17.4 Å². The van der Waals surface area contributed by atoms with Gasteiger partial charge in [-0.25, -0.2) is 9.89 Å². The highest BCUT2D eigenvalue weighted by atomic mass is 32.2. The van der Waals surface area contributed by atoms with E-state index in [4.69, 9.17) is 9.98 Å². The minimum Gasteiger partial charge on any atom is -0.368 e. The van der Waals surface area contributed by atoms with Crippen molar-refractivity contribution in [2.45, 2.75) is 44.4 Å². The number of thioether (sulfide) groups is 1. The molecule has 3 heterocycles. The van der Waals surface area contributed by atoms with Crippen LogP contribution >= 0.6 is 11.8 Å². The summed E-state index contributed by atoms with van der Waals surface area (Å²) >= 11 is 1.25. The first-order valence-electron chi connectivity index (χ1n) is 15.2. The molecule has 3 aromatic rings. The molecule has 0 aromatic heterocycles. The average molecular weight is 609 g/mol. The Hall–Kier alpha value is -4.44. The van der Waals surface area contributed by atoms with Crippen LogP contribution in [0.5, 0.6) is 0 Å². The van der Waals surface area contributed by atoms with Crippen LogP contribution in [0.3, 0.4) is 0 Å². The summed E-state index contributed by atoms with van der Waals surface area (Å²) in [4.78, 5) is 55.7. The molecule has 44 heavy (non-hydrogen) atoms. The fraction of sp³-hybridized carbons (Fsp3) is 0.324. The summed E-state index contributed by atoms with van der Waals surface area (Å²) in [7, 11) is 0. The van der Waals surface area contributed by atoms with E-state index in [1.807, 2.05) is 78.6 Å². The zero-order chi connectivity index (χ0) is 30.6. The number of amidine groups is 2. The number of fused-ring (bicyclic) bond motifs is 3. The molecule has 3 aromatic carbocycles. The van der Waals surface area contributed by atoms with Gasteiger partial charge in [0.25, 0.3) is 5.91 Å². The van der Waals surface area contributed by atoms with Crippen molar-refractivity contribution in [1.29, 1.82) is 0 Å². The normalized spacial score (nSPS) is 18.3. The van der Waals surface area contributed by atoms with Gasteiger partial charge in [-0.05, 0) is 54.8 Å². The van der Waals surface area contributed by atoms with Gasteiger partial charge in [0, 0.05) is 43.1 Å². The number of para-hydroxylation sites is 2. The maximum atomic E-state index is 13.8. The lowest BCUT2D eigenvalue weighted by Crippen LogP contribution is -2.50. The predicted octanol–water partition coefficient (Wildman–Crippen LogP) is 5.10. The molecule has 9 nitrogen and oxygen atoms in total. The third-order valence-corrected chi connectivity index (χ3v) is 9.53. The molecule has 0 unspecified atom stereocenters. The van der Waals surface area contributed by atoms with Crippen LogP contribution in [0, 0.1) is 0 Å². The molecule has 10 heteroatoms. The monoisotopic (exact) mass is 608 g/mol. The Bertz CT molecular complexity index is 1600. The number of anilines is 2. The zero-order valence-electron chi connectivity index (χ0n) is 25.0. The summed E-state index contributed by atoms with van der Waals surface area (Å²) in [5.74, 6) is -0.0444. The molecule has 0 spiro atoms. The van der Waals surface area contributed by atoms with Crippen molar-refractivity contribution in [3.63, 3.8) is 0 Å². The first-order valence-corrected chi connectivity index (χ1v) is 16.1. The zero-order valence-corrected chi connectivity index (χ0v) is 25.8. The second kappa shape index (κ2) is 13.1. The fourth-order valence-corrected chi connectivity index (χ4v) is 6.68. The topological polar surface area (TPSA) is 97.7 Å². The lowest BCUT2D eigenvalue weighted by atomic mass is 10.1. The molecule has 3 amide bonds. The highest BCUT2D eigenvalue weighted by Crippen LogP contribution is 2.36. The van der Waals surface area contributed by atoms with E-state index in [2.05, 4.69) is 29.3 Å². The van der Waals surface area contributed by atoms with E-state index >= 15 is 0 Å². The molecule has 3 aliphatic heterocycles. The van der Waals surface area contributed by atoms with Crippen molar-refractivity contribution in [1.82, 2.24) is 9.80 Å². The van der Waals surface area contributed by atoms with Gasteiger partial charge in [-0.1, -0.05) is 68.1 Å². The van der Waals surface area contributed by atoms with Crippen LogP contribution in [0.2, 0.25) is 0 Å². The second-order valence-corrected chi connectivity index (χ2v) is 12.2. The number of carbonyl (C=O) groups is 3. The smallest absolute Gasteiger partial charge is 0.259 e. The number of hydrogen-bond acceptors (Lipinski definition) is 7. The summed E-state index contributed by atoms with van der Waals surface area (Å²) in [5.41, 5.74) is 4.49. The van der Waals surface area contributed by atoms with Crippen molar-refractivity contribution >= 4 is 57.5 Å². The number of nitrogens with one attached hydrogen (secondary N) is 1. The van der Waals surface area contributed by atoms with E-state index in [-0.39, 0.29) is 24.1 Å². The van der Waals surface area contributed by atoms with Crippen molar-refractivity contribution in [3.05, 3.63) is 90.0 Å². The largest absolute Gasteiger partial charge is 0.368 e. The highest BCUT2D eigenvalue weighted by molar-refractivity contribution is 8.15. The Morgan fingerprint density at radius 3 is 2.34 bits per heavy atom. The molecular weight excluding hydrogens is 572 g/mol. The number of amides is 3. The Kier molecular flexibility index (Phi) is 8.79. The molecule has 1 fully saturated rings. The van der Waals surface area contributed by atoms with E-state index in [1.54, 1.807) is 0 Å². The summed E-state index contributed by atoms with van der Waals surface area (Å²) in [6, 6.07) is 24.7. The SMILES string of the molecule is CCc1ccc(NC(=O)[C@@H](CC)SC2=Nc3ccccc3C3=N[C@H](CC(=O)N4CCN(c5ccccc5)CC4)C(=O)N23)cc1. The molecule has 6 rings (SSSR count). The number of benzene rings is 3. The molecule has 3 aliphatic rings. The molecule has 1 saturated heterocycles. The van der Waals surface area contributed by atoms with Crippen LogP contribution in [0.15, 0.2) is 88.8 Å². The van der Waals surface area contributed by atoms with E-state index in [1.165, 1.54) is 22.2 Å². The van der Waals surface area contributed by atoms with Crippen LogP contribution in [-0.4, -0.2) is 76.0 Å². The molecule has 0 bridgehead atoms. The molecule has 0 radical (unpaired) electrons. The van der Waals surface area contributed by atoms with Gasteiger partial charge in [0.15, 0.2) is 5.17 Å². The van der Waals surface area contributed by atoms with Gasteiger partial charge in [0.2, 0.25) is 11.8 Å². The molecule has 0 aliphatic carbocycles. The second-order valence-electron chi connectivity index (χ2n) is 11.0. The van der Waals surface area contributed by atoms with Crippen LogP contribution < -0.4 is 10.2 Å². The Morgan fingerprint density at radius 1 is 0.932 bits per heavy atom. The summed E-state index contributed by atoms with van der Waals surface area (Å²) in [5, 5.41) is 2.93. The van der Waals surface area contributed by atoms with Gasteiger partial charge >= 0.3 is 0 Å². The van der Waals surface area contributed by atoms with Crippen LogP contribution in [0.1, 0.15) is 37.8 Å². The predicted molar refractivity (Wildman–Crippen MR) is 177 cm³/mol. The fourth-order valence-electron chi connectivity index (χ4n) is 5.66. The number of rotatable bonds is 8. The minimum atomic E-state index is -0.840. The number of aryl methyl sites for hydroxylation is 1. The number of piperazine rings is 1.